The zero-order valence-corrected chi connectivity index (χ0v) is 19.6. The van der Waals surface area contributed by atoms with Gasteiger partial charge in [-0.2, -0.15) is 0 Å². The van der Waals surface area contributed by atoms with Crippen LogP contribution < -0.4 is 0 Å². The third kappa shape index (κ3) is 2.75. The smallest absolute Gasteiger partial charge is 0.302 e. The molecule has 10 unspecified atom stereocenters. The van der Waals surface area contributed by atoms with Crippen LogP contribution >= 0.6 is 0 Å². The Labute approximate surface area is 183 Å². The zero-order valence-electron chi connectivity index (χ0n) is 19.6. The third-order valence-electron chi connectivity index (χ3n) is 11.7. The van der Waals surface area contributed by atoms with E-state index in [1.165, 1.54) is 57.7 Å². The summed E-state index contributed by atoms with van der Waals surface area (Å²) in [6.45, 7) is 9.14. The van der Waals surface area contributed by atoms with Gasteiger partial charge in [-0.3, -0.25) is 4.79 Å². The van der Waals surface area contributed by atoms with E-state index in [0.717, 1.165) is 37.0 Å². The van der Waals surface area contributed by atoms with Crippen molar-refractivity contribution in [2.75, 3.05) is 0 Å². The number of carbonyl (C=O) groups is 2. The van der Waals surface area contributed by atoms with Crippen LogP contribution in [-0.2, 0) is 14.3 Å². The fraction of sp³-hybridized carbons (Fsp3) is 0.926. The summed E-state index contributed by atoms with van der Waals surface area (Å²) in [5.41, 5.74) is 0.838. The SMILES string of the molecule is CC(=O)OC1CCC2(C)C(CCC3(C)C4CCC5(C=O)CCCC5C4CCC23)C1C. The van der Waals surface area contributed by atoms with Crippen molar-refractivity contribution in [1.82, 2.24) is 0 Å². The normalized spacial score (nSPS) is 54.9. The molecule has 5 rings (SSSR count). The average molecular weight is 415 g/mol. The van der Waals surface area contributed by atoms with Crippen LogP contribution in [0.1, 0.15) is 98.3 Å². The first-order chi connectivity index (χ1) is 14.2. The third-order valence-corrected chi connectivity index (χ3v) is 11.7. The van der Waals surface area contributed by atoms with E-state index in [0.29, 0.717) is 28.6 Å². The minimum absolute atomic E-state index is 0.0298. The largest absolute Gasteiger partial charge is 0.462 e. The zero-order chi connectivity index (χ0) is 21.3. The van der Waals surface area contributed by atoms with Crippen LogP contribution in [0.25, 0.3) is 0 Å². The van der Waals surface area contributed by atoms with Crippen LogP contribution in [0.15, 0.2) is 0 Å². The maximum absolute atomic E-state index is 12.1. The molecule has 5 fully saturated rings. The van der Waals surface area contributed by atoms with Crippen LogP contribution in [0, 0.1) is 51.8 Å². The maximum Gasteiger partial charge on any atom is 0.302 e. The van der Waals surface area contributed by atoms with Crippen molar-refractivity contribution in [3.05, 3.63) is 0 Å². The van der Waals surface area contributed by atoms with Crippen molar-refractivity contribution in [2.24, 2.45) is 51.8 Å². The van der Waals surface area contributed by atoms with Gasteiger partial charge in [0.15, 0.2) is 0 Å². The van der Waals surface area contributed by atoms with Gasteiger partial charge in [0.05, 0.1) is 0 Å². The molecule has 5 aliphatic rings. The minimum atomic E-state index is -0.117. The molecule has 0 N–H and O–H groups in total. The van der Waals surface area contributed by atoms with Gasteiger partial charge in [-0.05, 0) is 111 Å². The van der Waals surface area contributed by atoms with Crippen LogP contribution in [0.2, 0.25) is 0 Å². The van der Waals surface area contributed by atoms with E-state index in [4.69, 9.17) is 4.74 Å². The molecule has 0 aromatic rings. The molecule has 10 atom stereocenters. The molecule has 0 radical (unpaired) electrons. The lowest BCUT2D eigenvalue weighted by molar-refractivity contribution is -0.200. The Hall–Kier alpha value is -0.860. The quantitative estimate of drug-likeness (QED) is 0.399. The van der Waals surface area contributed by atoms with Crippen molar-refractivity contribution in [1.29, 1.82) is 0 Å². The summed E-state index contributed by atoms with van der Waals surface area (Å²) in [5.74, 6) is 4.07. The first-order valence-corrected chi connectivity index (χ1v) is 12.9. The van der Waals surface area contributed by atoms with Crippen molar-refractivity contribution < 1.29 is 14.3 Å². The van der Waals surface area contributed by atoms with Crippen molar-refractivity contribution in [3.63, 3.8) is 0 Å². The number of esters is 1. The molecule has 168 valence electrons. The Kier molecular flexibility index (Phi) is 4.95. The van der Waals surface area contributed by atoms with E-state index in [-0.39, 0.29) is 17.5 Å². The molecular weight excluding hydrogens is 372 g/mol. The highest BCUT2D eigenvalue weighted by Crippen LogP contribution is 2.71. The van der Waals surface area contributed by atoms with Crippen LogP contribution in [-0.4, -0.2) is 18.4 Å². The number of carbonyl (C=O) groups excluding carboxylic acids is 2. The lowest BCUT2D eigenvalue weighted by Gasteiger charge is -2.67. The van der Waals surface area contributed by atoms with E-state index in [2.05, 4.69) is 20.8 Å². The molecule has 3 nitrogen and oxygen atoms in total. The number of aldehydes is 1. The molecule has 5 aliphatic carbocycles. The summed E-state index contributed by atoms with van der Waals surface area (Å²) in [5, 5.41) is 0. The minimum Gasteiger partial charge on any atom is -0.462 e. The highest BCUT2D eigenvalue weighted by molar-refractivity contribution is 5.66. The van der Waals surface area contributed by atoms with Crippen LogP contribution in [0.4, 0.5) is 0 Å². The summed E-state index contributed by atoms with van der Waals surface area (Å²) < 4.78 is 5.74. The number of rotatable bonds is 2. The molecule has 0 aliphatic heterocycles. The molecule has 30 heavy (non-hydrogen) atoms. The van der Waals surface area contributed by atoms with Gasteiger partial charge < -0.3 is 9.53 Å². The molecule has 5 saturated carbocycles. The standard InChI is InChI=1S/C27H42O3/c1-17-20-9-13-26(4)21-10-15-27(16-28)12-5-6-22(27)19(21)7-8-24(26)25(20,3)14-11-23(17)30-18(2)29/h16-17,19-24H,5-15H2,1-4H3. The van der Waals surface area contributed by atoms with E-state index < -0.39 is 0 Å². The summed E-state index contributed by atoms with van der Waals surface area (Å²) >= 11 is 0. The van der Waals surface area contributed by atoms with E-state index in [9.17, 15) is 9.59 Å². The van der Waals surface area contributed by atoms with Crippen molar-refractivity contribution >= 4 is 12.3 Å². The summed E-state index contributed by atoms with van der Waals surface area (Å²) in [4.78, 5) is 23.8. The van der Waals surface area contributed by atoms with Gasteiger partial charge in [-0.25, -0.2) is 0 Å². The van der Waals surface area contributed by atoms with Gasteiger partial charge in [0.2, 0.25) is 0 Å². The van der Waals surface area contributed by atoms with Crippen molar-refractivity contribution in [3.8, 4) is 0 Å². The first-order valence-electron chi connectivity index (χ1n) is 12.9. The monoisotopic (exact) mass is 414 g/mol. The Morgan fingerprint density at radius 2 is 1.57 bits per heavy atom. The van der Waals surface area contributed by atoms with Gasteiger partial charge in [0, 0.05) is 12.3 Å². The summed E-state index contributed by atoms with van der Waals surface area (Å²) in [6.07, 6.45) is 15.2. The number of hydrogen-bond acceptors (Lipinski definition) is 3. The van der Waals surface area contributed by atoms with E-state index >= 15 is 0 Å². The molecule has 0 amide bonds. The number of fused-ring (bicyclic) bond motifs is 7. The maximum atomic E-state index is 12.1. The predicted molar refractivity (Wildman–Crippen MR) is 118 cm³/mol. The summed E-state index contributed by atoms with van der Waals surface area (Å²) in [7, 11) is 0. The molecule has 0 saturated heterocycles. The predicted octanol–water partition coefficient (Wildman–Crippen LogP) is 6.19. The Morgan fingerprint density at radius 3 is 2.30 bits per heavy atom. The van der Waals surface area contributed by atoms with Crippen molar-refractivity contribution in [2.45, 2.75) is 104 Å². The Bertz CT molecular complexity index is 717. The molecule has 0 heterocycles. The van der Waals surface area contributed by atoms with Gasteiger partial charge in [0.25, 0.3) is 0 Å². The fourth-order valence-corrected chi connectivity index (χ4v) is 10.4. The van der Waals surface area contributed by atoms with Crippen LogP contribution in [0.3, 0.4) is 0 Å². The molecule has 0 bridgehead atoms. The second-order valence-electron chi connectivity index (χ2n) is 12.5. The van der Waals surface area contributed by atoms with Gasteiger partial charge in [-0.1, -0.05) is 27.2 Å². The lowest BCUT2D eigenvalue weighted by atomic mass is 9.38. The molecule has 3 heteroatoms. The second-order valence-corrected chi connectivity index (χ2v) is 12.5. The number of ether oxygens (including phenoxy) is 1. The second kappa shape index (κ2) is 7.07. The first kappa shape index (κ1) is 21.0. The van der Waals surface area contributed by atoms with E-state index in [1.807, 2.05) is 0 Å². The highest BCUT2D eigenvalue weighted by atomic mass is 16.5. The van der Waals surface area contributed by atoms with Gasteiger partial charge in [0.1, 0.15) is 12.4 Å². The topological polar surface area (TPSA) is 43.4 Å². The highest BCUT2D eigenvalue weighted by Gasteiger charge is 2.64. The van der Waals surface area contributed by atoms with Gasteiger partial charge in [-0.15, -0.1) is 0 Å². The van der Waals surface area contributed by atoms with Crippen LogP contribution in [0.5, 0.6) is 0 Å². The van der Waals surface area contributed by atoms with Gasteiger partial charge >= 0.3 is 5.97 Å². The van der Waals surface area contributed by atoms with E-state index in [1.54, 1.807) is 6.92 Å². The fourth-order valence-electron chi connectivity index (χ4n) is 10.4. The summed E-state index contributed by atoms with van der Waals surface area (Å²) in [6, 6.07) is 0. The lowest BCUT2D eigenvalue weighted by Crippen LogP contribution is -2.61. The average Bonchev–Trinajstić information content (AvgIpc) is 3.15. The molecule has 0 aromatic heterocycles. The Balaban J connectivity index is 1.42. The molecule has 0 aromatic carbocycles. The molecule has 0 spiro atoms. The number of hydrogen-bond donors (Lipinski definition) is 0. The molecular formula is C27H42O3. The Morgan fingerprint density at radius 1 is 0.867 bits per heavy atom.